The van der Waals surface area contributed by atoms with Gasteiger partial charge in [0.15, 0.2) is 5.69 Å². The number of aromatic nitrogens is 1. The first-order valence-electron chi connectivity index (χ1n) is 8.32. The lowest BCUT2D eigenvalue weighted by atomic mass is 10.1. The van der Waals surface area contributed by atoms with Gasteiger partial charge in [-0.05, 0) is 45.0 Å². The fraction of sp³-hybridized carbons (Fsp3) is 0.211. The lowest BCUT2D eigenvalue weighted by Crippen LogP contribution is -2.33. The summed E-state index contributed by atoms with van der Waals surface area (Å²) in [6.45, 7) is 5.18. The molecule has 1 aliphatic rings. The van der Waals surface area contributed by atoms with Crippen LogP contribution in [0.3, 0.4) is 0 Å². The van der Waals surface area contributed by atoms with Gasteiger partial charge in [0.2, 0.25) is 0 Å². The highest BCUT2D eigenvalue weighted by Crippen LogP contribution is 2.23. The van der Waals surface area contributed by atoms with Crippen molar-refractivity contribution in [3.63, 3.8) is 0 Å². The molecule has 0 aliphatic carbocycles. The van der Waals surface area contributed by atoms with Gasteiger partial charge in [0, 0.05) is 0 Å². The van der Waals surface area contributed by atoms with E-state index in [1.807, 2.05) is 0 Å². The molecule has 0 saturated carbocycles. The van der Waals surface area contributed by atoms with E-state index in [1.165, 1.54) is 30.5 Å². The number of fused-ring (bicyclic) bond motifs is 1. The number of pyridine rings is 1. The number of carbonyl (C=O) groups excluding carboxylic acids is 4. The second-order valence-electron chi connectivity index (χ2n) is 6.89. The third kappa shape index (κ3) is 3.98. The molecule has 0 atom stereocenters. The van der Waals surface area contributed by atoms with Gasteiger partial charge in [-0.3, -0.25) is 14.9 Å². The fourth-order valence-corrected chi connectivity index (χ4v) is 2.39. The first-order valence-corrected chi connectivity index (χ1v) is 8.32. The molecule has 1 aromatic heterocycles. The Bertz CT molecular complexity index is 927. The summed E-state index contributed by atoms with van der Waals surface area (Å²) in [6, 6.07) is 8.85. The number of benzene rings is 1. The van der Waals surface area contributed by atoms with E-state index in [-0.39, 0.29) is 16.8 Å². The largest absolute Gasteiger partial charge is 0.444 e. The Labute approximate surface area is 160 Å². The van der Waals surface area contributed by atoms with Crippen LogP contribution in [0, 0.1) is 0 Å². The van der Waals surface area contributed by atoms with E-state index in [9.17, 15) is 19.2 Å². The summed E-state index contributed by atoms with van der Waals surface area (Å²) in [7, 11) is 0. The van der Waals surface area contributed by atoms with Crippen LogP contribution >= 0.6 is 0 Å². The van der Waals surface area contributed by atoms with Crippen molar-refractivity contribution in [1.29, 1.82) is 0 Å². The highest BCUT2D eigenvalue weighted by molar-refractivity contribution is 6.21. The zero-order chi connectivity index (χ0) is 20.5. The molecule has 9 nitrogen and oxygen atoms in total. The Balaban J connectivity index is 1.65. The van der Waals surface area contributed by atoms with Crippen LogP contribution in [0.15, 0.2) is 42.6 Å². The molecular formula is C19H17N3O6. The van der Waals surface area contributed by atoms with Gasteiger partial charge >= 0.3 is 12.1 Å². The molecule has 0 fully saturated rings. The van der Waals surface area contributed by atoms with Gasteiger partial charge in [0.05, 0.1) is 23.0 Å². The molecule has 0 unspecified atom stereocenters. The number of hydrogen-bond acceptors (Lipinski definition) is 7. The third-order valence-corrected chi connectivity index (χ3v) is 3.55. The quantitative estimate of drug-likeness (QED) is 0.810. The number of hydrogen-bond donors (Lipinski definition) is 1. The molecule has 1 aliphatic heterocycles. The first kappa shape index (κ1) is 19.0. The van der Waals surface area contributed by atoms with Crippen molar-refractivity contribution in [3.05, 3.63) is 59.4 Å². The summed E-state index contributed by atoms with van der Waals surface area (Å²) in [5.41, 5.74) is -0.193. The molecule has 2 heterocycles. The lowest BCUT2D eigenvalue weighted by molar-refractivity contribution is -0.0588. The van der Waals surface area contributed by atoms with Crippen molar-refractivity contribution >= 4 is 29.6 Å². The van der Waals surface area contributed by atoms with E-state index in [2.05, 4.69) is 10.3 Å². The highest BCUT2D eigenvalue weighted by atomic mass is 16.7. The molecular weight excluding hydrogens is 366 g/mol. The molecule has 2 aromatic rings. The zero-order valence-electron chi connectivity index (χ0n) is 15.4. The Morgan fingerprint density at radius 3 is 2.11 bits per heavy atom. The minimum Gasteiger partial charge on any atom is -0.444 e. The van der Waals surface area contributed by atoms with Crippen LogP contribution in [0.5, 0.6) is 0 Å². The minimum atomic E-state index is -0.988. The van der Waals surface area contributed by atoms with Crippen molar-refractivity contribution in [2.45, 2.75) is 26.4 Å². The maximum absolute atomic E-state index is 12.2. The molecule has 1 aromatic carbocycles. The van der Waals surface area contributed by atoms with Crippen LogP contribution in [0.2, 0.25) is 0 Å². The number of anilines is 1. The number of nitrogens with one attached hydrogen (secondary N) is 1. The lowest BCUT2D eigenvalue weighted by Gasteiger charge is -2.19. The SMILES string of the molecule is CC(C)(C)OC(=O)Nc1ccc(C(=O)ON2C(=O)c3ccccc3C2=O)nc1. The van der Waals surface area contributed by atoms with E-state index in [1.54, 1.807) is 32.9 Å². The van der Waals surface area contributed by atoms with E-state index in [0.717, 1.165) is 0 Å². The number of hydroxylamine groups is 2. The Hall–Kier alpha value is -3.75. The topological polar surface area (TPSA) is 115 Å². The van der Waals surface area contributed by atoms with Crippen LogP contribution in [-0.4, -0.2) is 39.5 Å². The molecule has 0 bridgehead atoms. The van der Waals surface area contributed by atoms with Crippen LogP contribution in [0.1, 0.15) is 52.0 Å². The van der Waals surface area contributed by atoms with Crippen LogP contribution in [0.4, 0.5) is 10.5 Å². The smallest absolute Gasteiger partial charge is 0.412 e. The normalized spacial score (nSPS) is 13.2. The number of amides is 3. The van der Waals surface area contributed by atoms with Gasteiger partial charge in [0.25, 0.3) is 11.8 Å². The summed E-state index contributed by atoms with van der Waals surface area (Å²) < 4.78 is 5.11. The molecule has 9 heteroatoms. The predicted molar refractivity (Wildman–Crippen MR) is 96.5 cm³/mol. The van der Waals surface area contributed by atoms with Crippen molar-refractivity contribution in [2.75, 3.05) is 5.32 Å². The average Bonchev–Trinajstić information content (AvgIpc) is 2.86. The molecule has 144 valence electrons. The van der Waals surface area contributed by atoms with Crippen molar-refractivity contribution < 1.29 is 28.8 Å². The predicted octanol–water partition coefficient (Wildman–Crippen LogP) is 2.80. The summed E-state index contributed by atoms with van der Waals surface area (Å²) in [4.78, 5) is 57.2. The van der Waals surface area contributed by atoms with Crippen LogP contribution < -0.4 is 5.32 Å². The number of carbonyl (C=O) groups is 4. The van der Waals surface area contributed by atoms with E-state index >= 15 is 0 Å². The number of nitrogens with zero attached hydrogens (tertiary/aromatic N) is 2. The molecule has 28 heavy (non-hydrogen) atoms. The average molecular weight is 383 g/mol. The molecule has 3 amide bonds. The van der Waals surface area contributed by atoms with E-state index in [4.69, 9.17) is 9.57 Å². The maximum atomic E-state index is 12.2. The number of imide groups is 1. The Kier molecular flexibility index (Phi) is 4.83. The monoisotopic (exact) mass is 383 g/mol. The zero-order valence-corrected chi connectivity index (χ0v) is 15.4. The van der Waals surface area contributed by atoms with E-state index < -0.39 is 29.5 Å². The summed E-state index contributed by atoms with van der Waals surface area (Å²) in [6.07, 6.45) is 0.554. The van der Waals surface area contributed by atoms with Gasteiger partial charge in [-0.2, -0.15) is 0 Å². The van der Waals surface area contributed by atoms with Gasteiger partial charge in [-0.1, -0.05) is 17.2 Å². The summed E-state index contributed by atoms with van der Waals surface area (Å²) >= 11 is 0. The standard InChI is InChI=1S/C19H17N3O6/c1-19(2,3)27-18(26)21-11-8-9-14(20-10-11)17(25)28-22-15(23)12-6-4-5-7-13(12)16(22)24/h4-10H,1-3H3,(H,21,26). The second kappa shape index (κ2) is 7.10. The molecule has 1 N–H and O–H groups in total. The van der Waals surface area contributed by atoms with Crippen LogP contribution in [-0.2, 0) is 9.57 Å². The van der Waals surface area contributed by atoms with Gasteiger partial charge < -0.3 is 9.57 Å². The number of rotatable bonds is 3. The van der Waals surface area contributed by atoms with E-state index in [0.29, 0.717) is 10.8 Å². The van der Waals surface area contributed by atoms with Crippen molar-refractivity contribution in [1.82, 2.24) is 10.0 Å². The minimum absolute atomic E-state index is 0.147. The molecule has 0 spiro atoms. The third-order valence-electron chi connectivity index (χ3n) is 3.55. The Morgan fingerprint density at radius 2 is 1.61 bits per heavy atom. The Morgan fingerprint density at radius 1 is 1.00 bits per heavy atom. The van der Waals surface area contributed by atoms with Gasteiger partial charge in [-0.25, -0.2) is 14.6 Å². The fourth-order valence-electron chi connectivity index (χ4n) is 2.39. The van der Waals surface area contributed by atoms with Crippen molar-refractivity contribution in [3.8, 4) is 0 Å². The number of ether oxygens (including phenoxy) is 1. The highest BCUT2D eigenvalue weighted by Gasteiger charge is 2.38. The van der Waals surface area contributed by atoms with Crippen LogP contribution in [0.25, 0.3) is 0 Å². The second-order valence-corrected chi connectivity index (χ2v) is 6.89. The summed E-state index contributed by atoms with van der Waals surface area (Å²) in [5.74, 6) is -2.44. The molecule has 3 rings (SSSR count). The van der Waals surface area contributed by atoms with Crippen molar-refractivity contribution in [2.24, 2.45) is 0 Å². The van der Waals surface area contributed by atoms with Gasteiger partial charge in [-0.15, -0.1) is 0 Å². The first-order chi connectivity index (χ1) is 13.2. The summed E-state index contributed by atoms with van der Waals surface area (Å²) in [5, 5.41) is 2.87. The maximum Gasteiger partial charge on any atom is 0.412 e. The molecule has 0 saturated heterocycles. The van der Waals surface area contributed by atoms with Gasteiger partial charge in [0.1, 0.15) is 5.60 Å². The molecule has 0 radical (unpaired) electrons.